The lowest BCUT2D eigenvalue weighted by Gasteiger charge is -2.40. The van der Waals surface area contributed by atoms with E-state index in [2.05, 4.69) is 13.2 Å². The zero-order valence-electron chi connectivity index (χ0n) is 26.6. The number of benzene rings is 2. The molecule has 1 N–H and O–H groups in total. The van der Waals surface area contributed by atoms with Crippen molar-refractivity contribution in [2.45, 2.75) is 70.2 Å². The van der Waals surface area contributed by atoms with Gasteiger partial charge in [-0.2, -0.15) is 0 Å². The van der Waals surface area contributed by atoms with E-state index in [1.165, 1.54) is 0 Å². The predicted molar refractivity (Wildman–Crippen MR) is 177 cm³/mol. The second-order valence-corrected chi connectivity index (χ2v) is 13.6. The summed E-state index contributed by atoms with van der Waals surface area (Å²) >= 11 is 6.69. The summed E-state index contributed by atoms with van der Waals surface area (Å²) in [5.74, 6) is -2.57. The van der Waals surface area contributed by atoms with Gasteiger partial charge in [-0.15, -0.1) is 13.2 Å². The van der Waals surface area contributed by atoms with Crippen LogP contribution < -0.4 is 9.80 Å². The maximum atomic E-state index is 15.0. The number of hydrogen-bond donors (Lipinski definition) is 1. The molecule has 3 fully saturated rings. The Balaban J connectivity index is 1.66. The van der Waals surface area contributed by atoms with Crippen LogP contribution in [0.4, 0.5) is 11.4 Å². The molecule has 45 heavy (non-hydrogen) atoms. The summed E-state index contributed by atoms with van der Waals surface area (Å²) in [6, 6.07) is 13.0. The predicted octanol–water partition coefficient (Wildman–Crippen LogP) is 5.56. The molecule has 3 aliphatic rings. The summed E-state index contributed by atoms with van der Waals surface area (Å²) in [5, 5.41) is 11.1. The van der Waals surface area contributed by atoms with Crippen LogP contribution in [0.25, 0.3) is 0 Å². The van der Waals surface area contributed by atoms with Gasteiger partial charge in [0.05, 0.1) is 40.8 Å². The summed E-state index contributed by atoms with van der Waals surface area (Å²) in [6.07, 6.45) is 4.69. The average Bonchev–Trinajstić information content (AvgIpc) is 3.58. The van der Waals surface area contributed by atoms with Crippen molar-refractivity contribution in [1.82, 2.24) is 4.90 Å². The van der Waals surface area contributed by atoms with Crippen LogP contribution in [0.3, 0.4) is 0 Å². The van der Waals surface area contributed by atoms with Crippen LogP contribution in [-0.4, -0.2) is 70.7 Å². The van der Waals surface area contributed by atoms with Crippen molar-refractivity contribution in [3.05, 3.63) is 84.4 Å². The van der Waals surface area contributed by atoms with Gasteiger partial charge >= 0.3 is 0 Å². The molecule has 3 aliphatic heterocycles. The molecule has 0 radical (unpaired) electrons. The largest absolute Gasteiger partial charge is 0.394 e. The molecule has 240 valence electrons. The minimum Gasteiger partial charge on any atom is -0.394 e. The van der Waals surface area contributed by atoms with E-state index < -0.39 is 35.1 Å². The first kappa shape index (κ1) is 32.9. The van der Waals surface area contributed by atoms with Gasteiger partial charge in [0, 0.05) is 18.8 Å². The normalized spacial score (nSPS) is 27.4. The summed E-state index contributed by atoms with van der Waals surface area (Å²) in [5.41, 5.74) is -0.209. The molecule has 3 amide bonds. The fourth-order valence-corrected chi connectivity index (χ4v) is 8.32. The lowest BCUT2D eigenvalue weighted by molar-refractivity contribution is -0.148. The number of aryl methyl sites for hydroxylation is 1. The van der Waals surface area contributed by atoms with Gasteiger partial charge in [-0.25, -0.2) is 0 Å². The number of fused-ring (bicyclic) bond motifs is 1. The molecule has 2 bridgehead atoms. The number of aliphatic hydroxyl groups excluding tert-OH is 1. The van der Waals surface area contributed by atoms with Gasteiger partial charge in [0.25, 0.3) is 5.91 Å². The Hall–Kier alpha value is -3.46. The Labute approximate surface area is 271 Å². The van der Waals surface area contributed by atoms with E-state index in [4.69, 9.17) is 16.3 Å². The number of aliphatic hydroxyl groups is 1. The maximum absolute atomic E-state index is 15.0. The van der Waals surface area contributed by atoms with Gasteiger partial charge in [-0.3, -0.25) is 14.4 Å². The minimum absolute atomic E-state index is 0.132. The standard InChI is InChI=1S/C36H44ClN3O5/c1-7-19-38(25-14-10-9-11-15-25)32(42)28-29-33(43)40(26(22-41)21-23(3)4)31(36(29)18-17-35(28,6)45-36)34(44)39(20-8-2)30-24(5)13-12-16-27(30)37/h7-16,23,26,28-29,31,41H,1-2,17-22H2,3-6H3/t26-,28+,29+,31?,35-,36?/m1/s1. The van der Waals surface area contributed by atoms with Gasteiger partial charge in [-0.05, 0) is 62.8 Å². The number of likely N-dealkylation sites (tertiary alicyclic amines) is 1. The fourth-order valence-electron chi connectivity index (χ4n) is 7.99. The quantitative estimate of drug-likeness (QED) is 0.309. The molecule has 1 spiro atoms. The molecule has 2 aromatic carbocycles. The van der Waals surface area contributed by atoms with Crippen molar-refractivity contribution >= 4 is 40.7 Å². The zero-order valence-corrected chi connectivity index (χ0v) is 27.4. The van der Waals surface area contributed by atoms with E-state index >= 15 is 4.79 Å². The van der Waals surface area contributed by atoms with E-state index in [9.17, 15) is 14.7 Å². The van der Waals surface area contributed by atoms with Gasteiger partial charge in [0.2, 0.25) is 11.8 Å². The molecule has 9 heteroatoms. The number of nitrogens with zero attached hydrogens (tertiary/aromatic N) is 3. The lowest BCUT2D eigenvalue weighted by atomic mass is 9.66. The number of para-hydroxylation sites is 2. The van der Waals surface area contributed by atoms with Crippen molar-refractivity contribution in [3.63, 3.8) is 0 Å². The topological polar surface area (TPSA) is 90.4 Å². The average molecular weight is 634 g/mol. The molecule has 2 aromatic rings. The third-order valence-corrected chi connectivity index (χ3v) is 10.0. The smallest absolute Gasteiger partial charge is 0.253 e. The summed E-state index contributed by atoms with van der Waals surface area (Å²) in [6.45, 7) is 15.6. The van der Waals surface area contributed by atoms with E-state index in [1.54, 1.807) is 32.9 Å². The van der Waals surface area contributed by atoms with Crippen LogP contribution >= 0.6 is 11.6 Å². The SMILES string of the molecule is C=CCN(C(=O)[C@@H]1[C@H]2C(=O)N([C@@H](CO)CC(C)C)C(C(=O)N(CC=C)c3c(C)cccc3Cl)C23CC[C@@]1(C)O3)c1ccccc1. The Morgan fingerprint density at radius 1 is 1.07 bits per heavy atom. The van der Waals surface area contributed by atoms with E-state index in [0.29, 0.717) is 35.7 Å². The van der Waals surface area contributed by atoms with Crippen molar-refractivity contribution in [1.29, 1.82) is 0 Å². The number of amides is 3. The molecular weight excluding hydrogens is 590 g/mol. The minimum atomic E-state index is -1.27. The lowest BCUT2D eigenvalue weighted by Crippen LogP contribution is -2.59. The number of carbonyl (C=O) groups excluding carboxylic acids is 3. The molecule has 0 aromatic heterocycles. The Morgan fingerprint density at radius 3 is 2.33 bits per heavy atom. The number of ether oxygens (including phenoxy) is 1. The summed E-state index contributed by atoms with van der Waals surface area (Å²) in [4.78, 5) is 49.2. The van der Waals surface area contributed by atoms with Crippen molar-refractivity contribution in [3.8, 4) is 0 Å². The van der Waals surface area contributed by atoms with Crippen molar-refractivity contribution in [2.75, 3.05) is 29.5 Å². The molecule has 0 aliphatic carbocycles. The van der Waals surface area contributed by atoms with Crippen LogP contribution in [0.2, 0.25) is 5.02 Å². The second-order valence-electron chi connectivity index (χ2n) is 13.2. The molecule has 2 unspecified atom stereocenters. The fraction of sp³-hybridized carbons (Fsp3) is 0.472. The molecule has 3 saturated heterocycles. The highest BCUT2D eigenvalue weighted by atomic mass is 35.5. The first-order chi connectivity index (χ1) is 21.5. The highest BCUT2D eigenvalue weighted by Crippen LogP contribution is 2.64. The maximum Gasteiger partial charge on any atom is 0.253 e. The molecular formula is C36H44ClN3O5. The number of carbonyl (C=O) groups is 3. The molecule has 3 heterocycles. The Bertz CT molecular complexity index is 1460. The number of anilines is 2. The van der Waals surface area contributed by atoms with Crippen molar-refractivity contribution < 1.29 is 24.2 Å². The van der Waals surface area contributed by atoms with Gasteiger partial charge in [0.15, 0.2) is 0 Å². The van der Waals surface area contributed by atoms with Gasteiger partial charge < -0.3 is 24.5 Å². The molecule has 8 nitrogen and oxygen atoms in total. The van der Waals surface area contributed by atoms with Gasteiger partial charge in [-0.1, -0.05) is 67.9 Å². The van der Waals surface area contributed by atoms with Crippen LogP contribution in [0.15, 0.2) is 73.8 Å². The first-order valence-corrected chi connectivity index (χ1v) is 16.1. The van der Waals surface area contributed by atoms with E-state index in [0.717, 1.165) is 5.56 Å². The first-order valence-electron chi connectivity index (χ1n) is 15.7. The highest BCUT2D eigenvalue weighted by molar-refractivity contribution is 6.34. The second kappa shape index (κ2) is 12.7. The zero-order chi connectivity index (χ0) is 32.7. The third-order valence-electron chi connectivity index (χ3n) is 9.74. The van der Waals surface area contributed by atoms with E-state index in [-0.39, 0.29) is 43.3 Å². The van der Waals surface area contributed by atoms with Crippen molar-refractivity contribution in [2.24, 2.45) is 17.8 Å². The summed E-state index contributed by atoms with van der Waals surface area (Å²) in [7, 11) is 0. The Morgan fingerprint density at radius 2 is 1.73 bits per heavy atom. The van der Waals surface area contributed by atoms with Crippen LogP contribution in [-0.2, 0) is 19.1 Å². The van der Waals surface area contributed by atoms with Crippen LogP contribution in [0.1, 0.15) is 45.6 Å². The molecule has 6 atom stereocenters. The number of rotatable bonds is 12. The monoisotopic (exact) mass is 633 g/mol. The Kier molecular flexibility index (Phi) is 9.32. The summed E-state index contributed by atoms with van der Waals surface area (Å²) < 4.78 is 6.90. The van der Waals surface area contributed by atoms with Gasteiger partial charge in [0.1, 0.15) is 11.6 Å². The highest BCUT2D eigenvalue weighted by Gasteiger charge is 2.79. The molecule has 0 saturated carbocycles. The van der Waals surface area contributed by atoms with Crippen LogP contribution in [0, 0.1) is 24.7 Å². The number of hydrogen-bond acceptors (Lipinski definition) is 5. The van der Waals surface area contributed by atoms with E-state index in [1.807, 2.05) is 70.2 Å². The number of halogens is 1. The third kappa shape index (κ3) is 5.41. The molecule has 5 rings (SSSR count). The van der Waals surface area contributed by atoms with Crippen LogP contribution in [0.5, 0.6) is 0 Å².